The Balaban J connectivity index is 1.50. The fourth-order valence-corrected chi connectivity index (χ4v) is 5.44. The largest absolute Gasteiger partial charge is 0.494 e. The molecule has 1 fully saturated rings. The monoisotopic (exact) mass is 666 g/mol. The number of hydrogen-bond acceptors (Lipinski definition) is 8. The second-order valence-electron chi connectivity index (χ2n) is 14.5. The maximum absolute atomic E-state index is 13.3. The molecule has 1 aliphatic rings. The third kappa shape index (κ3) is 14.3. The molecule has 2 N–H and O–H groups in total. The van der Waals surface area contributed by atoms with Crippen molar-refractivity contribution in [1.82, 2.24) is 20.5 Å². The van der Waals surface area contributed by atoms with E-state index >= 15 is 0 Å². The standard InChI is InChI=1S/C37H54N4O7/c1-26-12-14-30(46-21-18-28-11-9-20-41(25-28)32(42)16-17-33(43)47-36(2,3)4)22-29(26)24-39-34(44)31(40-35(45)48-37(5,6)7)15-13-27-10-8-19-38-23-27/h8,10,12,14,19,22-23,28,31H,9,11,13,15-18,20-21,24-25H2,1-7H3,(H,39,44)(H,40,45). The summed E-state index contributed by atoms with van der Waals surface area (Å²) < 4.78 is 16.8. The lowest BCUT2D eigenvalue weighted by atomic mass is 9.95. The van der Waals surface area contributed by atoms with Crippen LogP contribution in [0.2, 0.25) is 0 Å². The summed E-state index contributed by atoms with van der Waals surface area (Å²) >= 11 is 0. The number of ether oxygens (including phenoxy) is 3. The summed E-state index contributed by atoms with van der Waals surface area (Å²) in [5.74, 6) is 0.337. The summed E-state index contributed by atoms with van der Waals surface area (Å²) in [4.78, 5) is 56.6. The molecule has 1 aliphatic heterocycles. The average Bonchev–Trinajstić information content (AvgIpc) is 3.00. The normalized spacial score (nSPS) is 15.6. The molecule has 0 spiro atoms. The lowest BCUT2D eigenvalue weighted by molar-refractivity contribution is -0.156. The van der Waals surface area contributed by atoms with E-state index in [9.17, 15) is 19.2 Å². The van der Waals surface area contributed by atoms with E-state index in [1.165, 1.54) is 0 Å². The Morgan fingerprint density at radius 3 is 2.46 bits per heavy atom. The molecule has 1 saturated heterocycles. The lowest BCUT2D eigenvalue weighted by Gasteiger charge is -2.33. The number of pyridine rings is 1. The molecule has 2 unspecified atom stereocenters. The molecule has 1 aromatic heterocycles. The molecule has 0 bridgehead atoms. The minimum absolute atomic E-state index is 0.0164. The average molecular weight is 667 g/mol. The summed E-state index contributed by atoms with van der Waals surface area (Å²) in [5.41, 5.74) is 1.62. The number of carbonyl (C=O) groups is 4. The zero-order valence-electron chi connectivity index (χ0n) is 29.7. The Hall–Kier alpha value is -4.15. The molecule has 2 aromatic rings. The van der Waals surface area contributed by atoms with Crippen molar-refractivity contribution in [1.29, 1.82) is 0 Å². The van der Waals surface area contributed by atoms with Crippen molar-refractivity contribution < 1.29 is 33.4 Å². The van der Waals surface area contributed by atoms with Gasteiger partial charge in [0, 0.05) is 38.4 Å². The van der Waals surface area contributed by atoms with E-state index in [0.29, 0.717) is 44.2 Å². The summed E-state index contributed by atoms with van der Waals surface area (Å²) in [5, 5.41) is 5.71. The van der Waals surface area contributed by atoms with Crippen molar-refractivity contribution in [2.45, 2.75) is 117 Å². The van der Waals surface area contributed by atoms with Gasteiger partial charge in [0.1, 0.15) is 23.0 Å². The third-order valence-corrected chi connectivity index (χ3v) is 7.86. The first-order valence-corrected chi connectivity index (χ1v) is 17.0. The number of rotatable bonds is 14. The van der Waals surface area contributed by atoms with Gasteiger partial charge in [-0.2, -0.15) is 0 Å². The second-order valence-corrected chi connectivity index (χ2v) is 14.5. The number of aromatic nitrogens is 1. The van der Waals surface area contributed by atoms with Crippen LogP contribution in [-0.2, 0) is 36.8 Å². The van der Waals surface area contributed by atoms with Gasteiger partial charge in [-0.3, -0.25) is 19.4 Å². The fraction of sp³-hybridized carbons (Fsp3) is 0.595. The summed E-state index contributed by atoms with van der Waals surface area (Å²) in [7, 11) is 0. The Morgan fingerprint density at radius 1 is 1.02 bits per heavy atom. The van der Waals surface area contributed by atoms with Crippen LogP contribution in [-0.4, -0.2) is 70.7 Å². The first kappa shape index (κ1) is 38.3. The Bertz CT molecular complexity index is 1370. The predicted molar refractivity (Wildman–Crippen MR) is 183 cm³/mol. The highest BCUT2D eigenvalue weighted by Crippen LogP contribution is 2.23. The van der Waals surface area contributed by atoms with E-state index in [4.69, 9.17) is 14.2 Å². The predicted octanol–water partition coefficient (Wildman–Crippen LogP) is 5.66. The van der Waals surface area contributed by atoms with Gasteiger partial charge in [0.25, 0.3) is 0 Å². The highest BCUT2D eigenvalue weighted by atomic mass is 16.6. The number of benzene rings is 1. The molecule has 0 aliphatic carbocycles. The molecule has 0 saturated carbocycles. The molecular formula is C37H54N4O7. The van der Waals surface area contributed by atoms with Gasteiger partial charge in [-0.15, -0.1) is 0 Å². The number of piperidine rings is 1. The van der Waals surface area contributed by atoms with Gasteiger partial charge in [0.15, 0.2) is 0 Å². The van der Waals surface area contributed by atoms with E-state index < -0.39 is 23.3 Å². The zero-order chi connectivity index (χ0) is 35.3. The van der Waals surface area contributed by atoms with Crippen LogP contribution in [0.5, 0.6) is 5.75 Å². The van der Waals surface area contributed by atoms with Crippen LogP contribution in [0.3, 0.4) is 0 Å². The quantitative estimate of drug-likeness (QED) is 0.247. The van der Waals surface area contributed by atoms with Gasteiger partial charge in [-0.25, -0.2) is 4.79 Å². The Kier molecular flexibility index (Phi) is 14.2. The number of likely N-dealkylation sites (tertiary alicyclic amines) is 1. The van der Waals surface area contributed by atoms with E-state index in [1.807, 2.05) is 62.9 Å². The van der Waals surface area contributed by atoms with Crippen LogP contribution >= 0.6 is 0 Å². The molecule has 3 rings (SSSR count). The van der Waals surface area contributed by atoms with Gasteiger partial charge < -0.3 is 29.7 Å². The number of carbonyl (C=O) groups excluding carboxylic acids is 4. The van der Waals surface area contributed by atoms with E-state index in [2.05, 4.69) is 15.6 Å². The minimum Gasteiger partial charge on any atom is -0.494 e. The highest BCUT2D eigenvalue weighted by Gasteiger charge is 2.26. The van der Waals surface area contributed by atoms with Crippen LogP contribution in [0.4, 0.5) is 4.79 Å². The van der Waals surface area contributed by atoms with Gasteiger partial charge >= 0.3 is 12.1 Å². The SMILES string of the molecule is Cc1ccc(OCCC2CCCN(C(=O)CCC(=O)OC(C)(C)C)C2)cc1CNC(=O)C(CCc1cccnc1)NC(=O)OC(C)(C)C. The Labute approximate surface area is 285 Å². The van der Waals surface area contributed by atoms with Crippen LogP contribution in [0.25, 0.3) is 0 Å². The number of alkyl carbamates (subject to hydrolysis) is 1. The molecular weight excluding hydrogens is 612 g/mol. The lowest BCUT2D eigenvalue weighted by Crippen LogP contribution is -2.48. The Morgan fingerprint density at radius 2 is 1.77 bits per heavy atom. The smallest absolute Gasteiger partial charge is 0.408 e. The molecule has 11 heteroatoms. The van der Waals surface area contributed by atoms with Crippen molar-refractivity contribution in [2.75, 3.05) is 19.7 Å². The van der Waals surface area contributed by atoms with Crippen LogP contribution in [0.1, 0.15) is 96.8 Å². The van der Waals surface area contributed by atoms with Crippen molar-refractivity contribution in [3.05, 3.63) is 59.4 Å². The number of hydrogen-bond donors (Lipinski definition) is 2. The molecule has 0 radical (unpaired) electrons. The number of amides is 3. The molecule has 264 valence electrons. The summed E-state index contributed by atoms with van der Waals surface area (Å²) in [6.45, 7) is 14.9. The van der Waals surface area contributed by atoms with Crippen LogP contribution in [0, 0.1) is 12.8 Å². The summed E-state index contributed by atoms with van der Waals surface area (Å²) in [6, 6.07) is 8.78. The van der Waals surface area contributed by atoms with Crippen molar-refractivity contribution in [3.63, 3.8) is 0 Å². The maximum Gasteiger partial charge on any atom is 0.408 e. The van der Waals surface area contributed by atoms with E-state index in [0.717, 1.165) is 36.0 Å². The second kappa shape index (κ2) is 17.8. The molecule has 11 nitrogen and oxygen atoms in total. The van der Waals surface area contributed by atoms with Crippen LogP contribution in [0.15, 0.2) is 42.7 Å². The van der Waals surface area contributed by atoms with Crippen molar-refractivity contribution in [3.8, 4) is 5.75 Å². The van der Waals surface area contributed by atoms with Crippen LogP contribution < -0.4 is 15.4 Å². The minimum atomic E-state index is -0.793. The van der Waals surface area contributed by atoms with Crippen molar-refractivity contribution >= 4 is 23.9 Å². The van der Waals surface area contributed by atoms with Gasteiger partial charge in [-0.1, -0.05) is 12.1 Å². The first-order valence-electron chi connectivity index (χ1n) is 17.0. The highest BCUT2D eigenvalue weighted by molar-refractivity contribution is 5.85. The van der Waals surface area contributed by atoms with E-state index in [1.54, 1.807) is 33.2 Å². The fourth-order valence-electron chi connectivity index (χ4n) is 5.44. The zero-order valence-corrected chi connectivity index (χ0v) is 29.7. The molecule has 3 amide bonds. The van der Waals surface area contributed by atoms with Gasteiger partial charge in [0.05, 0.1) is 13.0 Å². The number of nitrogens with one attached hydrogen (secondary N) is 2. The molecule has 48 heavy (non-hydrogen) atoms. The number of nitrogens with zero attached hydrogens (tertiary/aromatic N) is 2. The maximum atomic E-state index is 13.3. The van der Waals surface area contributed by atoms with E-state index in [-0.39, 0.29) is 37.2 Å². The van der Waals surface area contributed by atoms with Crippen molar-refractivity contribution in [2.24, 2.45) is 5.92 Å². The summed E-state index contributed by atoms with van der Waals surface area (Å²) in [6.07, 6.45) is 6.71. The topological polar surface area (TPSA) is 136 Å². The van der Waals surface area contributed by atoms with Gasteiger partial charge in [-0.05, 0) is 121 Å². The third-order valence-electron chi connectivity index (χ3n) is 7.86. The number of aryl methyl sites for hydroxylation is 2. The molecule has 1 aromatic carbocycles. The molecule has 2 heterocycles. The molecule has 2 atom stereocenters. The van der Waals surface area contributed by atoms with Gasteiger partial charge in [0.2, 0.25) is 11.8 Å². The number of esters is 1. The first-order chi connectivity index (χ1) is 22.6.